The molecule has 1 N–H and O–H groups in total. The van der Waals surface area contributed by atoms with Crippen LogP contribution < -0.4 is 5.32 Å². The van der Waals surface area contributed by atoms with Gasteiger partial charge < -0.3 is 5.32 Å². The van der Waals surface area contributed by atoms with Crippen LogP contribution in [0.1, 0.15) is 5.56 Å². The molecule has 0 aliphatic heterocycles. The third-order valence-corrected chi connectivity index (χ3v) is 1.30. The van der Waals surface area contributed by atoms with Gasteiger partial charge in [-0.05, 0) is 11.6 Å². The molecule has 1 heterocycles. The molecule has 0 spiro atoms. The first kappa shape index (κ1) is 9.91. The Morgan fingerprint density at radius 1 is 1.31 bits per heavy atom. The highest BCUT2D eigenvalue weighted by Crippen LogP contribution is 2.12. The van der Waals surface area contributed by atoms with Crippen LogP contribution in [0.15, 0.2) is 18.5 Å². The second-order valence-electron chi connectivity index (χ2n) is 2.47. The summed E-state index contributed by atoms with van der Waals surface area (Å²) in [6.07, 6.45) is -1.31. The Hall–Kier alpha value is -1.17. The smallest absolute Gasteiger partial charge is 0.305 e. The summed E-state index contributed by atoms with van der Waals surface area (Å²) >= 11 is 0. The molecule has 1 rings (SSSR count). The first-order chi connectivity index (χ1) is 6.08. The third-order valence-electron chi connectivity index (χ3n) is 1.30. The maximum Gasteiger partial charge on any atom is 0.401 e. The number of aromatic nitrogens is 2. The second-order valence-corrected chi connectivity index (χ2v) is 2.47. The summed E-state index contributed by atoms with van der Waals surface area (Å²) in [5.74, 6) is 0. The van der Waals surface area contributed by atoms with Crippen molar-refractivity contribution in [1.82, 2.24) is 15.5 Å². The van der Waals surface area contributed by atoms with Crippen molar-refractivity contribution in [2.24, 2.45) is 0 Å². The number of nitrogens with zero attached hydrogens (tertiary/aromatic N) is 2. The van der Waals surface area contributed by atoms with E-state index >= 15 is 0 Å². The van der Waals surface area contributed by atoms with E-state index in [1.54, 1.807) is 6.07 Å². The van der Waals surface area contributed by atoms with Crippen LogP contribution in [-0.2, 0) is 6.54 Å². The molecule has 1 aromatic heterocycles. The molecule has 0 aliphatic carbocycles. The Kier molecular flexibility index (Phi) is 3.18. The first-order valence-corrected chi connectivity index (χ1v) is 3.61. The fraction of sp³-hybridized carbons (Fsp3) is 0.429. The van der Waals surface area contributed by atoms with Crippen molar-refractivity contribution in [1.29, 1.82) is 0 Å². The maximum atomic E-state index is 11.7. The van der Waals surface area contributed by atoms with Gasteiger partial charge in [-0.1, -0.05) is 0 Å². The van der Waals surface area contributed by atoms with E-state index in [4.69, 9.17) is 0 Å². The zero-order valence-corrected chi connectivity index (χ0v) is 6.67. The molecule has 1 aromatic rings. The van der Waals surface area contributed by atoms with Gasteiger partial charge in [0.05, 0.1) is 12.7 Å². The van der Waals surface area contributed by atoms with E-state index in [0.717, 1.165) is 0 Å². The molecule has 0 unspecified atom stereocenters. The monoisotopic (exact) mass is 191 g/mol. The van der Waals surface area contributed by atoms with Crippen LogP contribution in [0.25, 0.3) is 0 Å². The number of hydrogen-bond acceptors (Lipinski definition) is 3. The fourth-order valence-electron chi connectivity index (χ4n) is 0.771. The average Bonchev–Trinajstić information content (AvgIpc) is 2.04. The molecule has 0 radical (unpaired) electrons. The molecule has 0 fully saturated rings. The Morgan fingerprint density at radius 2 is 2.08 bits per heavy atom. The molecular formula is C7H8F3N3. The average molecular weight is 191 g/mol. The van der Waals surface area contributed by atoms with Gasteiger partial charge in [0.25, 0.3) is 0 Å². The van der Waals surface area contributed by atoms with E-state index in [1.165, 1.54) is 12.4 Å². The van der Waals surface area contributed by atoms with Crippen molar-refractivity contribution in [3.8, 4) is 0 Å². The summed E-state index contributed by atoms with van der Waals surface area (Å²) in [5, 5.41) is 9.28. The second kappa shape index (κ2) is 4.18. The van der Waals surface area contributed by atoms with Gasteiger partial charge in [0.2, 0.25) is 0 Å². The zero-order chi connectivity index (χ0) is 9.73. The molecule has 0 saturated carbocycles. The van der Waals surface area contributed by atoms with Gasteiger partial charge in [-0.15, -0.1) is 0 Å². The number of nitrogens with one attached hydrogen (secondary N) is 1. The molecule has 0 aliphatic rings. The summed E-state index contributed by atoms with van der Waals surface area (Å²) in [6, 6.07) is 1.61. The normalized spacial score (nSPS) is 11.6. The predicted octanol–water partition coefficient (Wildman–Crippen LogP) is 1.13. The highest BCUT2D eigenvalue weighted by atomic mass is 19.4. The van der Waals surface area contributed by atoms with Gasteiger partial charge in [0.15, 0.2) is 0 Å². The lowest BCUT2D eigenvalue weighted by Gasteiger charge is -2.07. The van der Waals surface area contributed by atoms with E-state index in [1.807, 2.05) is 0 Å². The molecule has 0 atom stereocenters. The van der Waals surface area contributed by atoms with Crippen molar-refractivity contribution in [3.05, 3.63) is 24.0 Å². The highest BCUT2D eigenvalue weighted by molar-refractivity contribution is 5.04. The van der Waals surface area contributed by atoms with Crippen LogP contribution in [0.4, 0.5) is 13.2 Å². The Balaban J connectivity index is 2.29. The van der Waals surface area contributed by atoms with Gasteiger partial charge in [-0.2, -0.15) is 23.4 Å². The van der Waals surface area contributed by atoms with Gasteiger partial charge in [-0.3, -0.25) is 0 Å². The molecule has 13 heavy (non-hydrogen) atoms. The topological polar surface area (TPSA) is 37.8 Å². The maximum absolute atomic E-state index is 11.7. The Bertz CT molecular complexity index is 247. The van der Waals surface area contributed by atoms with Gasteiger partial charge >= 0.3 is 6.18 Å². The van der Waals surface area contributed by atoms with Crippen molar-refractivity contribution < 1.29 is 13.2 Å². The van der Waals surface area contributed by atoms with Crippen LogP contribution in [0.2, 0.25) is 0 Å². The van der Waals surface area contributed by atoms with Gasteiger partial charge in [-0.25, -0.2) is 0 Å². The zero-order valence-electron chi connectivity index (χ0n) is 6.67. The lowest BCUT2D eigenvalue weighted by molar-refractivity contribution is -0.125. The van der Waals surface area contributed by atoms with E-state index in [2.05, 4.69) is 15.5 Å². The summed E-state index contributed by atoms with van der Waals surface area (Å²) < 4.78 is 35.0. The van der Waals surface area contributed by atoms with Crippen molar-refractivity contribution in [3.63, 3.8) is 0 Å². The molecule has 0 bridgehead atoms. The highest BCUT2D eigenvalue weighted by Gasteiger charge is 2.25. The van der Waals surface area contributed by atoms with E-state index < -0.39 is 12.7 Å². The molecule has 3 nitrogen and oxygen atoms in total. The predicted molar refractivity (Wildman–Crippen MR) is 39.8 cm³/mol. The van der Waals surface area contributed by atoms with Crippen molar-refractivity contribution in [2.75, 3.05) is 6.54 Å². The van der Waals surface area contributed by atoms with E-state index in [0.29, 0.717) is 5.56 Å². The van der Waals surface area contributed by atoms with Crippen LogP contribution in [0.5, 0.6) is 0 Å². The van der Waals surface area contributed by atoms with Gasteiger partial charge in [0.1, 0.15) is 0 Å². The third kappa shape index (κ3) is 4.41. The Labute approximate surface area is 73.0 Å². The molecule has 6 heteroatoms. The van der Waals surface area contributed by atoms with E-state index in [-0.39, 0.29) is 6.54 Å². The standard InChI is InChI=1S/C7H8F3N3/c8-7(9,10)5-11-3-6-1-2-12-13-4-6/h1-2,4,11H,3,5H2. The molecular weight excluding hydrogens is 183 g/mol. The Morgan fingerprint density at radius 3 is 2.62 bits per heavy atom. The lowest BCUT2D eigenvalue weighted by Crippen LogP contribution is -2.28. The largest absolute Gasteiger partial charge is 0.401 e. The van der Waals surface area contributed by atoms with Crippen LogP contribution in [0.3, 0.4) is 0 Å². The summed E-state index contributed by atoms with van der Waals surface area (Å²) in [4.78, 5) is 0. The minimum atomic E-state index is -4.17. The molecule has 72 valence electrons. The quantitative estimate of drug-likeness (QED) is 0.778. The molecule has 0 saturated heterocycles. The summed E-state index contributed by atoms with van der Waals surface area (Å²) in [7, 11) is 0. The molecule has 0 aromatic carbocycles. The van der Waals surface area contributed by atoms with Crippen molar-refractivity contribution >= 4 is 0 Å². The lowest BCUT2D eigenvalue weighted by atomic mass is 10.3. The first-order valence-electron chi connectivity index (χ1n) is 3.61. The van der Waals surface area contributed by atoms with Gasteiger partial charge in [0, 0.05) is 12.7 Å². The number of hydrogen-bond donors (Lipinski definition) is 1. The summed E-state index contributed by atoms with van der Waals surface area (Å²) in [6.45, 7) is -0.843. The van der Waals surface area contributed by atoms with Crippen LogP contribution in [0, 0.1) is 0 Å². The number of alkyl halides is 3. The molecule has 0 amide bonds. The van der Waals surface area contributed by atoms with Crippen LogP contribution >= 0.6 is 0 Å². The summed E-state index contributed by atoms with van der Waals surface area (Å²) in [5.41, 5.74) is 0.680. The van der Waals surface area contributed by atoms with Crippen LogP contribution in [-0.4, -0.2) is 22.9 Å². The minimum absolute atomic E-state index is 0.148. The minimum Gasteiger partial charge on any atom is -0.305 e. The number of rotatable bonds is 3. The fourth-order valence-corrected chi connectivity index (χ4v) is 0.771. The SMILES string of the molecule is FC(F)(F)CNCc1ccnnc1. The number of halogens is 3. The van der Waals surface area contributed by atoms with E-state index in [9.17, 15) is 13.2 Å². The van der Waals surface area contributed by atoms with Crippen molar-refractivity contribution in [2.45, 2.75) is 12.7 Å².